The SMILES string of the molecule is CC.CCC(=O)Nc1ccn(C2CS[C@@H](CO)O2)c(=O)n1. The topological polar surface area (TPSA) is 93.5 Å². The van der Waals surface area contributed by atoms with Gasteiger partial charge in [0.15, 0.2) is 0 Å². The van der Waals surface area contributed by atoms with Crippen molar-refractivity contribution in [1.29, 1.82) is 0 Å². The van der Waals surface area contributed by atoms with E-state index in [4.69, 9.17) is 9.84 Å². The molecule has 1 aromatic rings. The van der Waals surface area contributed by atoms with E-state index in [0.717, 1.165) is 0 Å². The van der Waals surface area contributed by atoms with Crippen molar-refractivity contribution < 1.29 is 14.6 Å². The molecule has 1 aromatic heterocycles. The van der Waals surface area contributed by atoms with Crippen LogP contribution in [-0.2, 0) is 9.53 Å². The van der Waals surface area contributed by atoms with Gasteiger partial charge in [0, 0.05) is 18.4 Å². The second-order valence-electron chi connectivity index (χ2n) is 3.94. The molecule has 0 bridgehead atoms. The third kappa shape index (κ3) is 4.83. The van der Waals surface area contributed by atoms with E-state index < -0.39 is 11.9 Å². The van der Waals surface area contributed by atoms with Gasteiger partial charge in [-0.25, -0.2) is 4.79 Å². The second kappa shape index (κ2) is 8.81. The molecule has 118 valence electrons. The van der Waals surface area contributed by atoms with Gasteiger partial charge >= 0.3 is 5.69 Å². The first-order valence-electron chi connectivity index (χ1n) is 6.91. The third-order valence-electron chi connectivity index (χ3n) is 2.61. The van der Waals surface area contributed by atoms with Crippen molar-refractivity contribution in [2.75, 3.05) is 17.7 Å². The lowest BCUT2D eigenvalue weighted by atomic mass is 10.4. The number of aliphatic hydroxyl groups excluding tert-OH is 1. The van der Waals surface area contributed by atoms with Gasteiger partial charge < -0.3 is 15.2 Å². The van der Waals surface area contributed by atoms with Crippen molar-refractivity contribution in [2.24, 2.45) is 0 Å². The zero-order chi connectivity index (χ0) is 15.8. The average molecular weight is 315 g/mol. The summed E-state index contributed by atoms with van der Waals surface area (Å²) in [5.74, 6) is 0.614. The van der Waals surface area contributed by atoms with E-state index >= 15 is 0 Å². The minimum Gasteiger partial charge on any atom is -0.393 e. The fourth-order valence-corrected chi connectivity index (χ4v) is 2.55. The zero-order valence-electron chi connectivity index (χ0n) is 12.4. The monoisotopic (exact) mass is 315 g/mol. The van der Waals surface area contributed by atoms with Gasteiger partial charge in [-0.05, 0) is 6.07 Å². The Morgan fingerprint density at radius 2 is 2.33 bits per heavy atom. The van der Waals surface area contributed by atoms with Crippen molar-refractivity contribution in [1.82, 2.24) is 9.55 Å². The molecule has 8 heteroatoms. The molecule has 7 nitrogen and oxygen atoms in total. The Hall–Kier alpha value is -1.38. The highest BCUT2D eigenvalue weighted by atomic mass is 32.2. The molecule has 2 heterocycles. The quantitative estimate of drug-likeness (QED) is 0.867. The number of hydrogen-bond acceptors (Lipinski definition) is 6. The van der Waals surface area contributed by atoms with Crippen LogP contribution in [0.15, 0.2) is 17.1 Å². The molecule has 2 atom stereocenters. The maximum Gasteiger partial charge on any atom is 0.351 e. The maximum atomic E-state index is 11.8. The van der Waals surface area contributed by atoms with Crippen LogP contribution in [0.4, 0.5) is 5.82 Å². The third-order valence-corrected chi connectivity index (χ3v) is 3.72. The highest BCUT2D eigenvalue weighted by Crippen LogP contribution is 2.30. The number of anilines is 1. The standard InChI is InChI=1S/C11H15N3O4S.C2H6/c1-2-8(16)12-7-3-4-14(11(17)13-7)9-6-19-10(5-15)18-9;1-2/h3-4,9-10,15H,2,5-6H2,1H3,(H,12,13,16,17);1-2H3/t9?,10-;/m0./s1. The maximum absolute atomic E-state index is 11.8. The first-order chi connectivity index (χ1) is 10.1. The van der Waals surface area contributed by atoms with Crippen LogP contribution in [0.2, 0.25) is 0 Å². The summed E-state index contributed by atoms with van der Waals surface area (Å²) in [4.78, 5) is 26.8. The number of carbonyl (C=O) groups is 1. The van der Waals surface area contributed by atoms with E-state index in [1.807, 2.05) is 13.8 Å². The molecule has 2 rings (SSSR count). The lowest BCUT2D eigenvalue weighted by Crippen LogP contribution is -2.29. The van der Waals surface area contributed by atoms with Crippen LogP contribution in [-0.4, -0.2) is 38.4 Å². The second-order valence-corrected chi connectivity index (χ2v) is 5.13. The number of hydrogen-bond donors (Lipinski definition) is 2. The average Bonchev–Trinajstić information content (AvgIpc) is 2.98. The predicted octanol–water partition coefficient (Wildman–Crippen LogP) is 1.20. The van der Waals surface area contributed by atoms with E-state index in [-0.39, 0.29) is 23.8 Å². The number of nitrogens with zero attached hydrogens (tertiary/aromatic N) is 2. The fourth-order valence-electron chi connectivity index (χ4n) is 1.62. The highest BCUT2D eigenvalue weighted by molar-refractivity contribution is 8.00. The summed E-state index contributed by atoms with van der Waals surface area (Å²) in [5.41, 5.74) is -0.797. The molecule has 0 aliphatic carbocycles. The molecule has 0 aromatic carbocycles. The van der Waals surface area contributed by atoms with Crippen LogP contribution >= 0.6 is 11.8 Å². The van der Waals surface area contributed by atoms with Gasteiger partial charge in [-0.2, -0.15) is 4.98 Å². The molecule has 1 unspecified atom stereocenters. The molecule has 1 aliphatic rings. The Balaban J connectivity index is 0.00000106. The number of aromatic nitrogens is 2. The lowest BCUT2D eigenvalue weighted by molar-refractivity contribution is -0.115. The van der Waals surface area contributed by atoms with Crippen molar-refractivity contribution in [3.63, 3.8) is 0 Å². The predicted molar refractivity (Wildman–Crippen MR) is 82.2 cm³/mol. The number of ether oxygens (including phenoxy) is 1. The van der Waals surface area contributed by atoms with E-state index in [9.17, 15) is 9.59 Å². The highest BCUT2D eigenvalue weighted by Gasteiger charge is 2.27. The van der Waals surface area contributed by atoms with E-state index in [0.29, 0.717) is 12.2 Å². The molecular weight excluding hydrogens is 294 g/mol. The summed E-state index contributed by atoms with van der Waals surface area (Å²) >= 11 is 1.44. The van der Waals surface area contributed by atoms with E-state index in [1.54, 1.807) is 13.0 Å². The smallest absolute Gasteiger partial charge is 0.351 e. The molecular formula is C13H21N3O4S. The molecule has 1 aliphatic heterocycles. The Kier molecular flexibility index (Phi) is 7.41. The van der Waals surface area contributed by atoms with Crippen molar-refractivity contribution in [3.8, 4) is 0 Å². The summed E-state index contributed by atoms with van der Waals surface area (Å²) < 4.78 is 6.82. The van der Waals surface area contributed by atoms with Crippen LogP contribution in [0.5, 0.6) is 0 Å². The fraction of sp³-hybridized carbons (Fsp3) is 0.615. The van der Waals surface area contributed by atoms with E-state index in [1.165, 1.54) is 22.5 Å². The summed E-state index contributed by atoms with van der Waals surface area (Å²) in [6.45, 7) is 5.63. The normalized spacial score (nSPS) is 20.6. The van der Waals surface area contributed by atoms with Gasteiger partial charge in [-0.1, -0.05) is 20.8 Å². The number of carbonyl (C=O) groups excluding carboxylic acids is 1. The van der Waals surface area contributed by atoms with Crippen LogP contribution in [0.1, 0.15) is 33.4 Å². The number of rotatable bonds is 4. The number of nitrogens with one attached hydrogen (secondary N) is 1. The molecule has 1 amide bonds. The summed E-state index contributed by atoms with van der Waals surface area (Å²) in [7, 11) is 0. The van der Waals surface area contributed by atoms with Crippen LogP contribution in [0.3, 0.4) is 0 Å². The first-order valence-corrected chi connectivity index (χ1v) is 7.96. The number of thioether (sulfide) groups is 1. The van der Waals surface area contributed by atoms with Crippen LogP contribution < -0.4 is 11.0 Å². The van der Waals surface area contributed by atoms with Gasteiger partial charge in [-0.15, -0.1) is 11.8 Å². The van der Waals surface area contributed by atoms with Crippen LogP contribution in [0, 0.1) is 0 Å². The van der Waals surface area contributed by atoms with Gasteiger partial charge in [0.25, 0.3) is 0 Å². The Bertz CT molecular complexity index is 520. The van der Waals surface area contributed by atoms with Gasteiger partial charge in [0.2, 0.25) is 5.91 Å². The lowest BCUT2D eigenvalue weighted by Gasteiger charge is -2.13. The summed E-state index contributed by atoms with van der Waals surface area (Å²) in [6.07, 6.45) is 1.43. The van der Waals surface area contributed by atoms with Gasteiger partial charge in [0.1, 0.15) is 17.5 Å². The molecule has 0 saturated carbocycles. The number of amides is 1. The van der Waals surface area contributed by atoms with Crippen molar-refractivity contribution in [3.05, 3.63) is 22.7 Å². The van der Waals surface area contributed by atoms with Crippen LogP contribution in [0.25, 0.3) is 0 Å². The molecule has 1 fully saturated rings. The molecule has 1 saturated heterocycles. The molecule has 21 heavy (non-hydrogen) atoms. The van der Waals surface area contributed by atoms with Gasteiger partial charge in [0.05, 0.1) is 6.61 Å². The minimum atomic E-state index is -0.488. The van der Waals surface area contributed by atoms with Gasteiger partial charge in [-0.3, -0.25) is 9.36 Å². The Morgan fingerprint density at radius 3 is 2.86 bits per heavy atom. The van der Waals surface area contributed by atoms with Crippen molar-refractivity contribution >= 4 is 23.5 Å². The molecule has 0 radical (unpaired) electrons. The Labute approximate surface area is 127 Å². The molecule has 2 N–H and O–H groups in total. The number of aliphatic hydroxyl groups is 1. The summed E-state index contributed by atoms with van der Waals surface area (Å²) in [6, 6.07) is 1.55. The van der Waals surface area contributed by atoms with Crippen molar-refractivity contribution in [2.45, 2.75) is 38.9 Å². The zero-order valence-corrected chi connectivity index (χ0v) is 13.2. The Morgan fingerprint density at radius 1 is 1.62 bits per heavy atom. The van der Waals surface area contributed by atoms with E-state index in [2.05, 4.69) is 10.3 Å². The first kappa shape index (κ1) is 17.7. The largest absolute Gasteiger partial charge is 0.393 e. The minimum absolute atomic E-state index is 0.0893. The summed E-state index contributed by atoms with van der Waals surface area (Å²) in [5, 5.41) is 11.5. The molecule has 0 spiro atoms.